The van der Waals surface area contributed by atoms with Crippen LogP contribution in [0.25, 0.3) is 0 Å². The third-order valence-corrected chi connectivity index (χ3v) is 5.24. The van der Waals surface area contributed by atoms with Gasteiger partial charge in [-0.1, -0.05) is 52.3 Å². The molecule has 2 unspecified atom stereocenters. The standard InChI is InChI=1S/C19H30N2O/c1-5-13(4)18(20)15-8-9-16-11-21(12-17(16)10-15)19(22)14(6-2)7-3/h8-10,13-14,18H,5-7,11-12,20H2,1-4H3. The van der Waals surface area contributed by atoms with E-state index >= 15 is 0 Å². The number of rotatable bonds is 6. The van der Waals surface area contributed by atoms with Crippen molar-refractivity contribution in [1.29, 1.82) is 0 Å². The van der Waals surface area contributed by atoms with Gasteiger partial charge in [-0.05, 0) is 35.4 Å². The van der Waals surface area contributed by atoms with Crippen LogP contribution in [0.1, 0.15) is 69.7 Å². The first-order valence-corrected chi connectivity index (χ1v) is 8.67. The summed E-state index contributed by atoms with van der Waals surface area (Å²) < 4.78 is 0. The van der Waals surface area contributed by atoms with Crippen molar-refractivity contribution in [2.45, 2.75) is 66.1 Å². The Morgan fingerprint density at radius 2 is 1.77 bits per heavy atom. The highest BCUT2D eigenvalue weighted by molar-refractivity contribution is 5.79. The Hall–Kier alpha value is -1.35. The zero-order valence-corrected chi connectivity index (χ0v) is 14.4. The number of fused-ring (bicyclic) bond motifs is 1. The molecule has 1 amide bonds. The quantitative estimate of drug-likeness (QED) is 0.863. The summed E-state index contributed by atoms with van der Waals surface area (Å²) in [5, 5.41) is 0. The minimum absolute atomic E-state index is 0.0825. The predicted octanol–water partition coefficient (Wildman–Crippen LogP) is 4.01. The molecule has 0 aliphatic carbocycles. The smallest absolute Gasteiger partial charge is 0.226 e. The molecule has 0 aromatic heterocycles. The number of nitrogens with two attached hydrogens (primary N) is 1. The molecule has 2 N–H and O–H groups in total. The summed E-state index contributed by atoms with van der Waals surface area (Å²) in [7, 11) is 0. The Bertz CT molecular complexity index is 522. The zero-order chi connectivity index (χ0) is 16.3. The van der Waals surface area contributed by atoms with E-state index in [-0.39, 0.29) is 12.0 Å². The van der Waals surface area contributed by atoms with Crippen molar-refractivity contribution in [2.24, 2.45) is 17.6 Å². The number of hydrogen-bond donors (Lipinski definition) is 1. The minimum atomic E-state index is 0.0825. The van der Waals surface area contributed by atoms with Gasteiger partial charge in [-0.25, -0.2) is 0 Å². The summed E-state index contributed by atoms with van der Waals surface area (Å²) in [5.74, 6) is 0.937. The van der Waals surface area contributed by atoms with E-state index in [0.29, 0.717) is 11.8 Å². The van der Waals surface area contributed by atoms with Crippen molar-refractivity contribution in [3.8, 4) is 0 Å². The van der Waals surface area contributed by atoms with Crippen molar-refractivity contribution < 1.29 is 4.79 Å². The fourth-order valence-corrected chi connectivity index (χ4v) is 3.26. The second-order valence-electron chi connectivity index (χ2n) is 6.65. The highest BCUT2D eigenvalue weighted by Gasteiger charge is 2.28. The third-order valence-electron chi connectivity index (χ3n) is 5.24. The number of amides is 1. The number of hydrogen-bond acceptors (Lipinski definition) is 2. The molecule has 22 heavy (non-hydrogen) atoms. The molecule has 1 aliphatic rings. The molecule has 2 atom stereocenters. The fraction of sp³-hybridized carbons (Fsp3) is 0.632. The van der Waals surface area contributed by atoms with Crippen molar-refractivity contribution in [3.63, 3.8) is 0 Å². The summed E-state index contributed by atoms with van der Waals surface area (Å²) in [6, 6.07) is 6.60. The molecular formula is C19H30N2O. The van der Waals surface area contributed by atoms with Crippen LogP contribution < -0.4 is 5.73 Å². The molecule has 0 fully saturated rings. The molecule has 1 heterocycles. The summed E-state index contributed by atoms with van der Waals surface area (Å²) in [6.07, 6.45) is 2.93. The van der Waals surface area contributed by atoms with Crippen LogP contribution in [0.3, 0.4) is 0 Å². The van der Waals surface area contributed by atoms with Gasteiger partial charge in [0.15, 0.2) is 0 Å². The first-order chi connectivity index (χ1) is 10.5. The Labute approximate surface area is 134 Å². The van der Waals surface area contributed by atoms with E-state index in [2.05, 4.69) is 45.9 Å². The van der Waals surface area contributed by atoms with E-state index in [1.165, 1.54) is 16.7 Å². The summed E-state index contributed by atoms with van der Waals surface area (Å²) in [5.41, 5.74) is 10.1. The van der Waals surface area contributed by atoms with E-state index in [0.717, 1.165) is 32.4 Å². The minimum Gasteiger partial charge on any atom is -0.334 e. The van der Waals surface area contributed by atoms with Crippen LogP contribution in [0.4, 0.5) is 0 Å². The molecule has 0 saturated heterocycles. The summed E-state index contributed by atoms with van der Waals surface area (Å²) >= 11 is 0. The number of carbonyl (C=O) groups excluding carboxylic acids is 1. The molecule has 0 bridgehead atoms. The van der Waals surface area contributed by atoms with Crippen LogP contribution in [0, 0.1) is 11.8 Å². The highest BCUT2D eigenvalue weighted by atomic mass is 16.2. The van der Waals surface area contributed by atoms with E-state index in [1.54, 1.807) is 0 Å². The van der Waals surface area contributed by atoms with Crippen LogP contribution in [0.15, 0.2) is 18.2 Å². The van der Waals surface area contributed by atoms with Crippen LogP contribution in [-0.2, 0) is 17.9 Å². The monoisotopic (exact) mass is 302 g/mol. The number of benzene rings is 1. The molecule has 0 saturated carbocycles. The lowest BCUT2D eigenvalue weighted by Gasteiger charge is -2.21. The third kappa shape index (κ3) is 3.35. The Morgan fingerprint density at radius 3 is 2.36 bits per heavy atom. The van der Waals surface area contributed by atoms with Gasteiger partial charge < -0.3 is 10.6 Å². The maximum Gasteiger partial charge on any atom is 0.226 e. The number of carbonyl (C=O) groups is 1. The summed E-state index contributed by atoms with van der Waals surface area (Å²) in [6.45, 7) is 10.1. The lowest BCUT2D eigenvalue weighted by Crippen LogP contribution is -2.31. The normalized spacial score (nSPS) is 16.7. The van der Waals surface area contributed by atoms with Gasteiger partial charge in [0.25, 0.3) is 0 Å². The summed E-state index contributed by atoms with van der Waals surface area (Å²) in [4.78, 5) is 14.6. The Kier molecular flexibility index (Phi) is 5.63. The fourth-order valence-electron chi connectivity index (χ4n) is 3.26. The lowest BCUT2D eigenvalue weighted by atomic mass is 9.91. The molecule has 122 valence electrons. The van der Waals surface area contributed by atoms with E-state index < -0.39 is 0 Å². The van der Waals surface area contributed by atoms with E-state index in [4.69, 9.17) is 5.73 Å². The van der Waals surface area contributed by atoms with Crippen LogP contribution >= 0.6 is 0 Å². The molecule has 3 nitrogen and oxygen atoms in total. The Balaban J connectivity index is 2.13. The molecule has 2 rings (SSSR count). The highest BCUT2D eigenvalue weighted by Crippen LogP contribution is 2.30. The average Bonchev–Trinajstić information content (AvgIpc) is 2.97. The zero-order valence-electron chi connectivity index (χ0n) is 14.4. The van der Waals surface area contributed by atoms with Gasteiger partial charge in [0.1, 0.15) is 0 Å². The van der Waals surface area contributed by atoms with Crippen molar-refractivity contribution >= 4 is 5.91 Å². The topological polar surface area (TPSA) is 46.3 Å². The first kappa shape index (κ1) is 17.0. The second-order valence-corrected chi connectivity index (χ2v) is 6.65. The molecule has 1 aromatic carbocycles. The van der Waals surface area contributed by atoms with Gasteiger partial charge in [0.05, 0.1) is 0 Å². The van der Waals surface area contributed by atoms with Crippen molar-refractivity contribution in [2.75, 3.05) is 0 Å². The van der Waals surface area contributed by atoms with Gasteiger partial charge in [-0.15, -0.1) is 0 Å². The van der Waals surface area contributed by atoms with Gasteiger partial charge in [-0.2, -0.15) is 0 Å². The first-order valence-electron chi connectivity index (χ1n) is 8.67. The van der Waals surface area contributed by atoms with Crippen molar-refractivity contribution in [1.82, 2.24) is 4.90 Å². The Morgan fingerprint density at radius 1 is 1.14 bits per heavy atom. The van der Waals surface area contributed by atoms with Gasteiger partial charge in [0, 0.05) is 25.0 Å². The van der Waals surface area contributed by atoms with Gasteiger partial charge in [-0.3, -0.25) is 4.79 Å². The number of nitrogens with zero attached hydrogens (tertiary/aromatic N) is 1. The average molecular weight is 302 g/mol. The van der Waals surface area contributed by atoms with E-state index in [9.17, 15) is 4.79 Å². The molecule has 1 aliphatic heterocycles. The van der Waals surface area contributed by atoms with Crippen molar-refractivity contribution in [3.05, 3.63) is 34.9 Å². The lowest BCUT2D eigenvalue weighted by molar-refractivity contribution is -0.136. The van der Waals surface area contributed by atoms with Gasteiger partial charge in [0.2, 0.25) is 5.91 Å². The molecule has 3 heteroatoms. The van der Waals surface area contributed by atoms with Crippen LogP contribution in [-0.4, -0.2) is 10.8 Å². The maximum absolute atomic E-state index is 12.6. The van der Waals surface area contributed by atoms with Crippen LogP contribution in [0.2, 0.25) is 0 Å². The predicted molar refractivity (Wildman–Crippen MR) is 91.2 cm³/mol. The molecule has 1 aromatic rings. The largest absolute Gasteiger partial charge is 0.334 e. The van der Waals surface area contributed by atoms with E-state index in [1.807, 2.05) is 4.90 Å². The second kappa shape index (κ2) is 7.28. The molecule has 0 spiro atoms. The SMILES string of the molecule is CCC(CC)C(=O)N1Cc2ccc(C(N)C(C)CC)cc2C1. The van der Waals surface area contributed by atoms with Gasteiger partial charge >= 0.3 is 0 Å². The molecule has 0 radical (unpaired) electrons. The van der Waals surface area contributed by atoms with Crippen LogP contribution in [0.5, 0.6) is 0 Å². The molecular weight excluding hydrogens is 272 g/mol. The maximum atomic E-state index is 12.6.